The van der Waals surface area contributed by atoms with E-state index >= 15 is 0 Å². The van der Waals surface area contributed by atoms with Gasteiger partial charge in [0.2, 0.25) is 0 Å². The van der Waals surface area contributed by atoms with Crippen LogP contribution in [-0.4, -0.2) is 38.3 Å². The molecule has 1 saturated heterocycles. The summed E-state index contributed by atoms with van der Waals surface area (Å²) in [5.41, 5.74) is 3.23. The first-order chi connectivity index (χ1) is 13.1. The molecular weight excluding hydrogens is 340 g/mol. The van der Waals surface area contributed by atoms with Crippen molar-refractivity contribution in [3.8, 4) is 0 Å². The molecule has 1 unspecified atom stereocenters. The van der Waals surface area contributed by atoms with Crippen molar-refractivity contribution in [3.05, 3.63) is 69.7 Å². The lowest BCUT2D eigenvalue weighted by atomic mass is 9.77. The number of H-pyrrole nitrogens is 1. The van der Waals surface area contributed by atoms with Gasteiger partial charge in [-0.1, -0.05) is 6.07 Å². The molecule has 1 amide bonds. The van der Waals surface area contributed by atoms with Gasteiger partial charge in [0, 0.05) is 35.8 Å². The molecule has 0 radical (unpaired) electrons. The summed E-state index contributed by atoms with van der Waals surface area (Å²) in [5.74, 6) is 0.705. The molecule has 27 heavy (non-hydrogen) atoms. The molecule has 5 rings (SSSR count). The van der Waals surface area contributed by atoms with Gasteiger partial charge in [-0.25, -0.2) is 4.98 Å². The number of nitrogens with one attached hydrogen (secondary N) is 1. The number of carbonyl (C=O) groups excluding carboxylic acids is 1. The normalized spacial score (nSPS) is 21.7. The van der Waals surface area contributed by atoms with Crippen molar-refractivity contribution in [2.75, 3.05) is 13.1 Å². The fourth-order valence-electron chi connectivity index (χ4n) is 4.86. The quantitative estimate of drug-likeness (QED) is 0.723. The van der Waals surface area contributed by atoms with Crippen LogP contribution in [0.3, 0.4) is 0 Å². The van der Waals surface area contributed by atoms with Crippen molar-refractivity contribution >= 4 is 11.4 Å². The Hall–Kier alpha value is -2.89. The van der Waals surface area contributed by atoms with Crippen LogP contribution in [0.5, 0.6) is 0 Å². The van der Waals surface area contributed by atoms with Gasteiger partial charge in [-0.3, -0.25) is 9.59 Å². The maximum absolute atomic E-state index is 13.3. The van der Waals surface area contributed by atoms with Gasteiger partial charge in [-0.2, -0.15) is 0 Å². The Labute approximate surface area is 156 Å². The average molecular weight is 362 g/mol. The third-order valence-corrected chi connectivity index (χ3v) is 6.14. The maximum Gasteiger partial charge on any atom is 0.270 e. The number of hydrogen-bond donors (Lipinski definition) is 1. The Morgan fingerprint density at radius 2 is 2.11 bits per heavy atom. The van der Waals surface area contributed by atoms with Gasteiger partial charge < -0.3 is 14.3 Å². The van der Waals surface area contributed by atoms with Crippen molar-refractivity contribution in [3.63, 3.8) is 0 Å². The molecule has 1 atom stereocenters. The highest BCUT2D eigenvalue weighted by atomic mass is 16.2. The van der Waals surface area contributed by atoms with E-state index in [0.717, 1.165) is 49.0 Å². The predicted molar refractivity (Wildman–Crippen MR) is 102 cm³/mol. The molecule has 0 aromatic carbocycles. The summed E-state index contributed by atoms with van der Waals surface area (Å²) in [5, 5.41) is 0. The summed E-state index contributed by atoms with van der Waals surface area (Å²) >= 11 is 0. The monoisotopic (exact) mass is 362 g/mol. The zero-order valence-electron chi connectivity index (χ0n) is 15.4. The van der Waals surface area contributed by atoms with E-state index in [0.29, 0.717) is 18.1 Å². The fraction of sp³-hybridized carbons (Fsp3) is 0.381. The highest BCUT2D eigenvalue weighted by Crippen LogP contribution is 2.43. The van der Waals surface area contributed by atoms with Crippen molar-refractivity contribution in [1.29, 1.82) is 0 Å². The second kappa shape index (κ2) is 5.81. The van der Waals surface area contributed by atoms with Crippen molar-refractivity contribution in [2.45, 2.75) is 38.0 Å². The Morgan fingerprint density at radius 3 is 3.00 bits per heavy atom. The van der Waals surface area contributed by atoms with Crippen LogP contribution in [-0.2, 0) is 11.8 Å². The molecule has 2 aliphatic rings. The number of amides is 1. The zero-order valence-corrected chi connectivity index (χ0v) is 15.4. The molecule has 4 heterocycles. The number of likely N-dealkylation sites (tertiary alicyclic amines) is 1. The molecule has 6 nitrogen and oxygen atoms in total. The van der Waals surface area contributed by atoms with Crippen molar-refractivity contribution in [2.24, 2.45) is 0 Å². The molecule has 1 N–H and O–H groups in total. The number of fused-ring (bicyclic) bond motifs is 3. The van der Waals surface area contributed by atoms with E-state index in [1.165, 1.54) is 0 Å². The molecule has 6 heteroatoms. The van der Waals surface area contributed by atoms with Crippen LogP contribution in [0.4, 0.5) is 0 Å². The highest BCUT2D eigenvalue weighted by molar-refractivity contribution is 5.94. The average Bonchev–Trinajstić information content (AvgIpc) is 3.24. The van der Waals surface area contributed by atoms with Crippen LogP contribution < -0.4 is 5.56 Å². The summed E-state index contributed by atoms with van der Waals surface area (Å²) in [6.45, 7) is 3.21. The van der Waals surface area contributed by atoms with E-state index in [1.807, 2.05) is 52.8 Å². The van der Waals surface area contributed by atoms with E-state index < -0.39 is 0 Å². The molecule has 138 valence electrons. The van der Waals surface area contributed by atoms with Crippen LogP contribution in [0.1, 0.15) is 46.8 Å². The maximum atomic E-state index is 13.3. The van der Waals surface area contributed by atoms with Crippen LogP contribution in [0, 0.1) is 6.92 Å². The van der Waals surface area contributed by atoms with Crippen molar-refractivity contribution in [1.82, 2.24) is 19.3 Å². The number of aromatic nitrogens is 3. The van der Waals surface area contributed by atoms with Crippen LogP contribution in [0.2, 0.25) is 0 Å². The summed E-state index contributed by atoms with van der Waals surface area (Å²) in [6, 6.07) is 9.78. The number of nitrogens with zero attached hydrogens (tertiary/aromatic N) is 3. The second-order valence-electron chi connectivity index (χ2n) is 7.80. The van der Waals surface area contributed by atoms with E-state index in [1.54, 1.807) is 0 Å². The van der Waals surface area contributed by atoms with Gasteiger partial charge >= 0.3 is 0 Å². The van der Waals surface area contributed by atoms with E-state index in [9.17, 15) is 9.59 Å². The smallest absolute Gasteiger partial charge is 0.270 e. The Morgan fingerprint density at radius 1 is 1.22 bits per heavy atom. The Bertz CT molecular complexity index is 1110. The number of carbonyl (C=O) groups is 1. The third-order valence-electron chi connectivity index (χ3n) is 6.14. The Kier molecular flexibility index (Phi) is 3.50. The molecular formula is C21H22N4O2. The van der Waals surface area contributed by atoms with Crippen molar-refractivity contribution < 1.29 is 4.79 Å². The van der Waals surface area contributed by atoms with Gasteiger partial charge in [0.1, 0.15) is 11.5 Å². The minimum Gasteiger partial charge on any atom is -0.336 e. The first-order valence-corrected chi connectivity index (χ1v) is 9.53. The van der Waals surface area contributed by atoms with Gasteiger partial charge in [-0.05, 0) is 56.9 Å². The summed E-state index contributed by atoms with van der Waals surface area (Å²) in [7, 11) is 0. The minimum absolute atomic E-state index is 0.0181. The number of pyridine rings is 1. The topological polar surface area (TPSA) is 70.5 Å². The van der Waals surface area contributed by atoms with Gasteiger partial charge in [0.25, 0.3) is 11.5 Å². The third kappa shape index (κ3) is 2.43. The van der Waals surface area contributed by atoms with Gasteiger partial charge in [-0.15, -0.1) is 0 Å². The van der Waals surface area contributed by atoms with Gasteiger partial charge in [0.15, 0.2) is 0 Å². The molecule has 1 fully saturated rings. The molecule has 1 aliphatic carbocycles. The number of aryl methyl sites for hydroxylation is 1. The number of rotatable bonds is 1. The lowest BCUT2D eigenvalue weighted by molar-refractivity contribution is 0.0626. The fourth-order valence-corrected chi connectivity index (χ4v) is 4.86. The Balaban J connectivity index is 1.51. The number of aromatic amines is 1. The summed E-state index contributed by atoms with van der Waals surface area (Å²) in [4.78, 5) is 35.1. The first kappa shape index (κ1) is 16.3. The second-order valence-corrected chi connectivity index (χ2v) is 7.80. The van der Waals surface area contributed by atoms with Crippen LogP contribution in [0.25, 0.3) is 5.52 Å². The molecule has 3 aromatic heterocycles. The summed E-state index contributed by atoms with van der Waals surface area (Å²) < 4.78 is 1.94. The first-order valence-electron chi connectivity index (χ1n) is 9.53. The molecule has 1 spiro atoms. The summed E-state index contributed by atoms with van der Waals surface area (Å²) in [6.07, 6.45) is 5.47. The molecule has 0 saturated carbocycles. The van der Waals surface area contributed by atoms with Crippen LogP contribution in [0.15, 0.2) is 41.3 Å². The number of piperidine rings is 1. The largest absolute Gasteiger partial charge is 0.336 e. The standard InChI is InChI=1S/C21H22N4O2/c1-14-22-18-16(19(26)23-14)8-10-21(18)9-4-11-24(13-21)20(27)17-7-6-15-5-2-3-12-25(15)17/h2-3,5-7,12H,4,8-11,13H2,1H3,(H,22,23,26). The lowest BCUT2D eigenvalue weighted by Crippen LogP contribution is -2.48. The number of hydrogen-bond acceptors (Lipinski definition) is 3. The van der Waals surface area contributed by atoms with Gasteiger partial charge in [0.05, 0.1) is 5.69 Å². The highest BCUT2D eigenvalue weighted by Gasteiger charge is 2.45. The minimum atomic E-state index is -0.185. The van der Waals surface area contributed by atoms with E-state index in [2.05, 4.69) is 4.98 Å². The predicted octanol–water partition coefficient (Wildman–Crippen LogP) is 2.45. The van der Waals surface area contributed by atoms with E-state index in [-0.39, 0.29) is 16.9 Å². The SMILES string of the molecule is Cc1nc2c(c(=O)[nH]1)CCC21CCCN(C(=O)c2ccc3ccccn23)C1. The van der Waals surface area contributed by atoms with E-state index in [4.69, 9.17) is 4.98 Å². The zero-order chi connectivity index (χ0) is 18.6. The molecule has 0 bridgehead atoms. The molecule has 1 aliphatic heterocycles. The molecule has 3 aromatic rings. The van der Waals surface area contributed by atoms with Crippen LogP contribution >= 0.6 is 0 Å². The lowest BCUT2D eigenvalue weighted by Gasteiger charge is -2.40.